The number of halogens is 3. The maximum absolute atomic E-state index is 15.3. The average molecular weight is 556 g/mol. The van der Waals surface area contributed by atoms with Crippen LogP contribution in [0.15, 0.2) is 35.5 Å². The Bertz CT molecular complexity index is 1330. The smallest absolute Gasteiger partial charge is 0.410 e. The number of hydrogen-bond donors (Lipinski definition) is 5. The fraction of sp³-hybridized carbons (Fsp3) is 0.417. The number of carbonyl (C=O) groups excluding carboxylic acids is 1. The van der Waals surface area contributed by atoms with Crippen molar-refractivity contribution in [3.63, 3.8) is 0 Å². The Morgan fingerprint density at radius 1 is 1.24 bits per heavy atom. The second kappa shape index (κ2) is 9.75. The molecule has 10 nitrogen and oxygen atoms in total. The molecule has 0 bridgehead atoms. The number of carbonyl (C=O) groups is 2. The first-order valence-corrected chi connectivity index (χ1v) is 13.3. The average Bonchev–Trinajstić information content (AvgIpc) is 3.23. The molecule has 5 N–H and O–H groups in total. The molecular formula is C24H28F3N5O5S. The molecule has 1 unspecified atom stereocenters. The van der Waals surface area contributed by atoms with Crippen LogP contribution in [0.2, 0.25) is 0 Å². The maximum Gasteiger partial charge on any atom is 0.410 e. The van der Waals surface area contributed by atoms with Gasteiger partial charge < -0.3 is 19.7 Å². The summed E-state index contributed by atoms with van der Waals surface area (Å²) >= 11 is 0. The molecular weight excluding hydrogens is 527 g/mol. The molecule has 1 fully saturated rings. The van der Waals surface area contributed by atoms with Crippen molar-refractivity contribution in [1.82, 2.24) is 15.0 Å². The maximum atomic E-state index is 15.3. The van der Waals surface area contributed by atoms with Gasteiger partial charge in [0.15, 0.2) is 0 Å². The Morgan fingerprint density at radius 3 is 2.58 bits per heavy atom. The Balaban J connectivity index is 1.72. The first kappa shape index (κ1) is 27.7. The van der Waals surface area contributed by atoms with E-state index in [4.69, 9.17) is 0 Å². The van der Waals surface area contributed by atoms with Gasteiger partial charge >= 0.3 is 12.7 Å². The summed E-state index contributed by atoms with van der Waals surface area (Å²) in [7, 11) is -2.72. The van der Waals surface area contributed by atoms with Gasteiger partial charge in [-0.1, -0.05) is 10.5 Å². The Hall–Kier alpha value is -3.36. The first-order chi connectivity index (χ1) is 17.7. The van der Waals surface area contributed by atoms with Gasteiger partial charge in [0.2, 0.25) is 0 Å². The van der Waals surface area contributed by atoms with E-state index in [9.17, 15) is 28.0 Å². The molecule has 2 aromatic rings. The number of nitrogens with one attached hydrogen (secondary N) is 3. The van der Waals surface area contributed by atoms with Gasteiger partial charge in [0, 0.05) is 17.8 Å². The quantitative estimate of drug-likeness (QED) is 0.362. The molecule has 0 saturated carbocycles. The molecule has 2 aliphatic heterocycles. The highest BCUT2D eigenvalue weighted by molar-refractivity contribution is 8.29. The van der Waals surface area contributed by atoms with Crippen LogP contribution in [0, 0.1) is 12.7 Å². The van der Waals surface area contributed by atoms with Crippen LogP contribution in [0.1, 0.15) is 48.8 Å². The number of nitrogens with zero attached hydrogens (tertiary/aromatic N) is 2. The van der Waals surface area contributed by atoms with Crippen LogP contribution in [0.25, 0.3) is 0 Å². The van der Waals surface area contributed by atoms with Crippen LogP contribution in [0.4, 0.5) is 23.7 Å². The number of alkyl halides is 2. The normalized spacial score (nSPS) is 27.6. The van der Waals surface area contributed by atoms with Crippen LogP contribution in [-0.4, -0.2) is 55.6 Å². The number of pyridine rings is 1. The Labute approximate surface area is 218 Å². The zero-order valence-electron chi connectivity index (χ0n) is 21.0. The molecule has 206 valence electrons. The number of amides is 2. The summed E-state index contributed by atoms with van der Waals surface area (Å²) in [6.45, 7) is 3.88. The second-order valence-electron chi connectivity index (χ2n) is 9.71. The summed E-state index contributed by atoms with van der Waals surface area (Å²) in [6.07, 6.45) is 0.0899. The molecule has 0 spiro atoms. The van der Waals surface area contributed by atoms with E-state index in [-0.39, 0.29) is 34.1 Å². The molecule has 3 atom stereocenters. The minimum Gasteiger partial charge on any atom is -0.465 e. The highest BCUT2D eigenvalue weighted by Crippen LogP contribution is 2.67. The number of rotatable bonds is 5. The monoisotopic (exact) mass is 555 g/mol. The third-order valence-electron chi connectivity index (χ3n) is 6.95. The van der Waals surface area contributed by atoms with E-state index in [1.807, 2.05) is 0 Å². The predicted octanol–water partition coefficient (Wildman–Crippen LogP) is 4.61. The molecule has 1 saturated heterocycles. The first-order valence-electron chi connectivity index (χ1n) is 11.6. The van der Waals surface area contributed by atoms with Gasteiger partial charge in [0.1, 0.15) is 28.6 Å². The molecule has 0 radical (unpaired) electrons. The van der Waals surface area contributed by atoms with Crippen molar-refractivity contribution in [3.05, 3.63) is 53.1 Å². The molecule has 4 rings (SSSR count). The number of aromatic nitrogens is 1. The second-order valence-corrected chi connectivity index (χ2v) is 12.8. The van der Waals surface area contributed by atoms with Crippen molar-refractivity contribution >= 4 is 34.0 Å². The third kappa shape index (κ3) is 4.67. The molecule has 1 aromatic carbocycles. The van der Waals surface area contributed by atoms with Gasteiger partial charge in [-0.3, -0.25) is 19.8 Å². The third-order valence-corrected chi connectivity index (χ3v) is 10.9. The lowest BCUT2D eigenvalue weighted by Crippen LogP contribution is -2.59. The summed E-state index contributed by atoms with van der Waals surface area (Å²) < 4.78 is 58.4. The molecule has 2 amide bonds. The van der Waals surface area contributed by atoms with E-state index >= 15 is 4.39 Å². The fourth-order valence-corrected chi connectivity index (χ4v) is 8.40. The number of hydrogen-bond acceptors (Lipinski definition) is 7. The van der Waals surface area contributed by atoms with Crippen LogP contribution in [-0.2, 0) is 5.54 Å². The zero-order chi connectivity index (χ0) is 28.0. The van der Waals surface area contributed by atoms with Crippen LogP contribution in [0.5, 0.6) is 5.75 Å². The fourth-order valence-electron chi connectivity index (χ4n) is 5.00. The van der Waals surface area contributed by atoms with Crippen molar-refractivity contribution in [3.8, 4) is 5.75 Å². The van der Waals surface area contributed by atoms with E-state index in [0.717, 1.165) is 12.3 Å². The predicted molar refractivity (Wildman–Crippen MR) is 137 cm³/mol. The summed E-state index contributed by atoms with van der Waals surface area (Å²) in [5.74, 6) is -1.52. The SMILES string of the molecule is Cc1cc(OC(F)F)cnc1C(=O)Nc1ccc(F)c([C@@]2(C)N=C(NC(=O)O)C(C)(C)S3(O)NCC[C@@H]23)c1. The van der Waals surface area contributed by atoms with Gasteiger partial charge in [-0.05, 0) is 63.9 Å². The molecule has 38 heavy (non-hydrogen) atoms. The number of ether oxygens (including phenoxy) is 1. The van der Waals surface area contributed by atoms with Gasteiger partial charge in [0.25, 0.3) is 5.91 Å². The van der Waals surface area contributed by atoms with E-state index in [0.29, 0.717) is 13.0 Å². The number of fused-ring (bicyclic) bond motifs is 1. The minimum absolute atomic E-state index is 0.00424. The van der Waals surface area contributed by atoms with Crippen LogP contribution in [0.3, 0.4) is 0 Å². The number of benzene rings is 1. The lowest BCUT2D eigenvalue weighted by Gasteiger charge is -2.56. The largest absolute Gasteiger partial charge is 0.465 e. The Kier molecular flexibility index (Phi) is 7.10. The van der Waals surface area contributed by atoms with E-state index in [1.165, 1.54) is 25.1 Å². The number of carboxylic acid groups (broad SMARTS) is 1. The van der Waals surface area contributed by atoms with E-state index in [2.05, 4.69) is 30.1 Å². The Morgan fingerprint density at radius 2 is 1.95 bits per heavy atom. The van der Waals surface area contributed by atoms with Crippen molar-refractivity contribution < 1.29 is 37.2 Å². The van der Waals surface area contributed by atoms with Crippen LogP contribution >= 0.6 is 10.5 Å². The van der Waals surface area contributed by atoms with E-state index < -0.39 is 50.5 Å². The molecule has 14 heteroatoms. The molecule has 2 aliphatic rings. The summed E-state index contributed by atoms with van der Waals surface area (Å²) in [4.78, 5) is 33.0. The number of amidine groups is 1. The van der Waals surface area contributed by atoms with Crippen molar-refractivity contribution in [1.29, 1.82) is 0 Å². The van der Waals surface area contributed by atoms with Crippen molar-refractivity contribution in [2.75, 3.05) is 11.9 Å². The summed E-state index contributed by atoms with van der Waals surface area (Å²) in [5.41, 5.74) is -0.898. The zero-order valence-corrected chi connectivity index (χ0v) is 21.8. The standard InChI is InChI=1S/C24H28F3N5O5S/c1-12-9-14(37-21(26)27)11-28-18(12)19(33)30-13-5-6-16(25)15(10-13)24(4)17-7-8-29-38(17,36)23(2,3)20(32-24)31-22(34)35/h5-6,9-11,17,21,29,36H,7-8H2,1-4H3,(H,30,33)(H,31,32)(H,34,35)/t17-,24+/m0/s1. The summed E-state index contributed by atoms with van der Waals surface area (Å²) in [5, 5.41) is 13.7. The van der Waals surface area contributed by atoms with Crippen molar-refractivity contribution in [2.24, 2.45) is 4.99 Å². The number of aliphatic imine (C=N–C) groups is 1. The number of aryl methyl sites for hydroxylation is 1. The highest BCUT2D eigenvalue weighted by Gasteiger charge is 2.61. The minimum atomic E-state index is -3.04. The topological polar surface area (TPSA) is 145 Å². The molecule has 0 aliphatic carbocycles. The van der Waals surface area contributed by atoms with Gasteiger partial charge in [-0.2, -0.15) is 8.78 Å². The highest BCUT2D eigenvalue weighted by atomic mass is 32.3. The van der Waals surface area contributed by atoms with E-state index in [1.54, 1.807) is 20.8 Å². The van der Waals surface area contributed by atoms with Crippen molar-refractivity contribution in [2.45, 2.75) is 56.3 Å². The summed E-state index contributed by atoms with van der Waals surface area (Å²) in [6, 6.07) is 5.11. The lowest BCUT2D eigenvalue weighted by molar-refractivity contribution is -0.0501. The van der Waals surface area contributed by atoms with Gasteiger partial charge in [-0.25, -0.2) is 14.2 Å². The van der Waals surface area contributed by atoms with Gasteiger partial charge in [0.05, 0.1) is 16.2 Å². The van der Waals surface area contributed by atoms with Crippen LogP contribution < -0.4 is 20.1 Å². The van der Waals surface area contributed by atoms with Gasteiger partial charge in [-0.15, -0.1) is 0 Å². The molecule has 1 aromatic heterocycles. The lowest BCUT2D eigenvalue weighted by atomic mass is 9.85. The number of anilines is 1. The molecule has 3 heterocycles.